The minimum absolute atomic E-state index is 0.0542. The predicted molar refractivity (Wildman–Crippen MR) is 105 cm³/mol. The van der Waals surface area contributed by atoms with E-state index in [1.165, 1.54) is 36.6 Å². The summed E-state index contributed by atoms with van der Waals surface area (Å²) in [6.45, 7) is -0.496. The van der Waals surface area contributed by atoms with E-state index in [0.717, 1.165) is 10.5 Å². The maximum atomic E-state index is 12.2. The molecular formula is C18H20N2O3S2. The predicted octanol–water partition coefficient (Wildman–Crippen LogP) is 2.91. The minimum Gasteiger partial charge on any atom is -0.480 e. The number of carboxylic acids is 1. The van der Waals surface area contributed by atoms with E-state index in [-0.39, 0.29) is 4.32 Å². The second-order valence-corrected chi connectivity index (χ2v) is 7.58. The Morgan fingerprint density at radius 1 is 1.44 bits per heavy atom. The van der Waals surface area contributed by atoms with Crippen LogP contribution >= 0.6 is 24.8 Å². The molecule has 1 aromatic carbocycles. The van der Waals surface area contributed by atoms with Crippen molar-refractivity contribution in [1.82, 2.24) is 4.90 Å². The van der Waals surface area contributed by atoms with Gasteiger partial charge in [0.05, 0.1) is 0 Å². The molecule has 25 heavy (non-hydrogen) atoms. The standard InChI is InChI=1S/C18H20N2O3S2/c1-19-14-4-2-3-12(14)13-9-11(5-7-15(13)19)6-8-16(21)20(18(24)25)10-17(22)23/h5-9,12,14H,2-4,10H2,1H3,(H,22,23)(H,24,25)/b8-6+. The Balaban J connectivity index is 1.79. The van der Waals surface area contributed by atoms with Gasteiger partial charge >= 0.3 is 5.97 Å². The summed E-state index contributed by atoms with van der Waals surface area (Å²) in [4.78, 5) is 26.3. The van der Waals surface area contributed by atoms with Crippen molar-refractivity contribution >= 4 is 52.8 Å². The summed E-state index contributed by atoms with van der Waals surface area (Å²) >= 11 is 8.76. The number of rotatable bonds is 4. The molecule has 2 aliphatic rings. The van der Waals surface area contributed by atoms with E-state index in [1.807, 2.05) is 6.07 Å². The number of carboxylic acid groups (broad SMARTS) is 1. The molecule has 2 atom stereocenters. The fourth-order valence-corrected chi connectivity index (χ4v) is 4.20. The summed E-state index contributed by atoms with van der Waals surface area (Å²) in [5, 5.41) is 8.87. The number of benzene rings is 1. The SMILES string of the molecule is CN1c2ccc(/C=C/C(=O)N(CC(=O)O)C(=S)S)cc2C2CCCC21. The number of thiol groups is 1. The molecule has 0 saturated heterocycles. The van der Waals surface area contributed by atoms with Gasteiger partial charge in [0.2, 0.25) is 0 Å². The number of hydrogen-bond donors (Lipinski definition) is 2. The van der Waals surface area contributed by atoms with Gasteiger partial charge in [-0.05, 0) is 42.2 Å². The largest absolute Gasteiger partial charge is 0.480 e. The Hall–Kier alpha value is -1.86. The third-order valence-corrected chi connectivity index (χ3v) is 5.48. The highest BCUT2D eigenvalue weighted by Gasteiger charge is 2.39. The second-order valence-electron chi connectivity index (χ2n) is 6.47. The number of fused-ring (bicyclic) bond motifs is 3. The monoisotopic (exact) mass is 376 g/mol. The van der Waals surface area contributed by atoms with Crippen LogP contribution < -0.4 is 4.90 Å². The van der Waals surface area contributed by atoms with E-state index < -0.39 is 18.4 Å². The Morgan fingerprint density at radius 3 is 2.88 bits per heavy atom. The molecule has 1 aliphatic heterocycles. The van der Waals surface area contributed by atoms with Gasteiger partial charge in [-0.25, -0.2) is 0 Å². The summed E-state index contributed by atoms with van der Waals surface area (Å²) in [5.74, 6) is -1.05. The molecule has 3 rings (SSSR count). The molecule has 5 nitrogen and oxygen atoms in total. The number of carbonyl (C=O) groups is 2. The first kappa shape index (κ1) is 17.9. The van der Waals surface area contributed by atoms with Gasteiger partial charge in [-0.1, -0.05) is 24.7 Å². The van der Waals surface area contributed by atoms with Crippen LogP contribution in [0, 0.1) is 0 Å². The first-order valence-corrected chi connectivity index (χ1v) is 9.05. The summed E-state index contributed by atoms with van der Waals surface area (Å²) < 4.78 is -0.0542. The van der Waals surface area contributed by atoms with Crippen molar-refractivity contribution < 1.29 is 14.7 Å². The molecule has 1 aliphatic carbocycles. The fraction of sp³-hybridized carbons (Fsp3) is 0.389. The fourth-order valence-electron chi connectivity index (χ4n) is 3.87. The number of anilines is 1. The van der Waals surface area contributed by atoms with Gasteiger partial charge in [0.25, 0.3) is 5.91 Å². The molecular weight excluding hydrogens is 356 g/mol. The van der Waals surface area contributed by atoms with Crippen molar-refractivity contribution in [2.75, 3.05) is 18.5 Å². The molecule has 2 unspecified atom stereocenters. The summed E-state index contributed by atoms with van der Waals surface area (Å²) in [6.07, 6.45) is 6.72. The van der Waals surface area contributed by atoms with Gasteiger partial charge in [0, 0.05) is 30.8 Å². The Morgan fingerprint density at radius 2 is 2.20 bits per heavy atom. The first-order chi connectivity index (χ1) is 11.9. The number of carbonyl (C=O) groups excluding carboxylic acids is 1. The van der Waals surface area contributed by atoms with Crippen LogP contribution in [-0.4, -0.2) is 45.8 Å². The normalized spacial score (nSPS) is 21.3. The lowest BCUT2D eigenvalue weighted by Crippen LogP contribution is -2.36. The van der Waals surface area contributed by atoms with Crippen LogP contribution in [0.25, 0.3) is 6.08 Å². The highest BCUT2D eigenvalue weighted by Crippen LogP contribution is 2.48. The van der Waals surface area contributed by atoms with Crippen molar-refractivity contribution in [3.8, 4) is 0 Å². The molecule has 7 heteroatoms. The van der Waals surface area contributed by atoms with Crippen molar-refractivity contribution in [2.45, 2.75) is 31.2 Å². The molecule has 1 heterocycles. The van der Waals surface area contributed by atoms with Crippen LogP contribution in [0.2, 0.25) is 0 Å². The third kappa shape index (κ3) is 3.57. The zero-order chi connectivity index (χ0) is 18.1. The van der Waals surface area contributed by atoms with Crippen LogP contribution in [0.1, 0.15) is 36.3 Å². The molecule has 1 saturated carbocycles. The van der Waals surface area contributed by atoms with Crippen molar-refractivity contribution in [1.29, 1.82) is 0 Å². The summed E-state index contributed by atoms with van der Waals surface area (Å²) in [6, 6.07) is 6.78. The molecule has 0 spiro atoms. The van der Waals surface area contributed by atoms with Crippen molar-refractivity contribution in [2.24, 2.45) is 0 Å². The van der Waals surface area contributed by atoms with E-state index >= 15 is 0 Å². The Labute approximate surface area is 157 Å². The number of likely N-dealkylation sites (N-methyl/N-ethyl adjacent to an activating group) is 1. The molecule has 1 amide bonds. The first-order valence-electron chi connectivity index (χ1n) is 8.19. The number of amides is 1. The number of hydrogen-bond acceptors (Lipinski definition) is 4. The summed E-state index contributed by atoms with van der Waals surface area (Å²) in [7, 11) is 2.14. The number of nitrogens with zero attached hydrogens (tertiary/aromatic N) is 2. The Bertz CT molecular complexity index is 763. The van der Waals surface area contributed by atoms with Gasteiger partial charge in [-0.3, -0.25) is 14.5 Å². The quantitative estimate of drug-likeness (QED) is 0.481. The van der Waals surface area contributed by atoms with E-state index in [0.29, 0.717) is 12.0 Å². The van der Waals surface area contributed by atoms with E-state index in [2.05, 4.69) is 36.7 Å². The van der Waals surface area contributed by atoms with Gasteiger partial charge in [0.1, 0.15) is 10.9 Å². The third-order valence-electron chi connectivity index (χ3n) is 5.02. The lowest BCUT2D eigenvalue weighted by atomic mass is 9.96. The highest BCUT2D eigenvalue weighted by molar-refractivity contribution is 8.11. The topological polar surface area (TPSA) is 60.9 Å². The zero-order valence-corrected chi connectivity index (χ0v) is 15.6. The maximum Gasteiger partial charge on any atom is 0.323 e. The highest BCUT2D eigenvalue weighted by atomic mass is 32.1. The smallest absolute Gasteiger partial charge is 0.323 e. The average molecular weight is 377 g/mol. The van der Waals surface area contributed by atoms with Gasteiger partial charge < -0.3 is 10.0 Å². The second kappa shape index (κ2) is 7.17. The van der Waals surface area contributed by atoms with Gasteiger partial charge in [0.15, 0.2) is 0 Å². The van der Waals surface area contributed by atoms with Crippen LogP contribution in [0.3, 0.4) is 0 Å². The maximum absolute atomic E-state index is 12.2. The number of thiocarbonyl (C=S) groups is 1. The molecule has 0 bridgehead atoms. The van der Waals surface area contributed by atoms with E-state index in [1.54, 1.807) is 6.08 Å². The molecule has 0 aromatic heterocycles. The molecule has 1 N–H and O–H groups in total. The summed E-state index contributed by atoms with van der Waals surface area (Å²) in [5.41, 5.74) is 3.53. The van der Waals surface area contributed by atoms with Gasteiger partial charge in [-0.15, -0.1) is 12.6 Å². The van der Waals surface area contributed by atoms with Gasteiger partial charge in [-0.2, -0.15) is 0 Å². The number of aliphatic carboxylic acids is 1. The molecule has 0 radical (unpaired) electrons. The van der Waals surface area contributed by atoms with E-state index in [9.17, 15) is 9.59 Å². The van der Waals surface area contributed by atoms with Crippen LogP contribution in [0.5, 0.6) is 0 Å². The van der Waals surface area contributed by atoms with Crippen LogP contribution in [0.4, 0.5) is 5.69 Å². The minimum atomic E-state index is -1.13. The molecule has 1 fully saturated rings. The van der Waals surface area contributed by atoms with Crippen molar-refractivity contribution in [3.05, 3.63) is 35.4 Å². The zero-order valence-electron chi connectivity index (χ0n) is 13.9. The average Bonchev–Trinajstić information content (AvgIpc) is 3.14. The molecule has 132 valence electrons. The van der Waals surface area contributed by atoms with E-state index in [4.69, 9.17) is 17.3 Å². The lowest BCUT2D eigenvalue weighted by Gasteiger charge is -2.21. The Kier molecular flexibility index (Phi) is 5.15. The van der Waals surface area contributed by atoms with Crippen LogP contribution in [-0.2, 0) is 9.59 Å². The van der Waals surface area contributed by atoms with Crippen LogP contribution in [0.15, 0.2) is 24.3 Å². The lowest BCUT2D eigenvalue weighted by molar-refractivity contribution is -0.140. The molecule has 1 aromatic rings. The van der Waals surface area contributed by atoms with Crippen molar-refractivity contribution in [3.63, 3.8) is 0 Å².